The first kappa shape index (κ1) is 13.4. The van der Waals surface area contributed by atoms with E-state index in [4.69, 9.17) is 10.8 Å². The van der Waals surface area contributed by atoms with E-state index >= 15 is 0 Å². The Kier molecular flexibility index (Phi) is 6.49. The normalized spacial score (nSPS) is 17.2. The van der Waals surface area contributed by atoms with Gasteiger partial charge < -0.3 is 16.2 Å². The summed E-state index contributed by atoms with van der Waals surface area (Å²) in [4.78, 5) is 11.4. The average molecular weight is 202 g/mol. The molecule has 0 aromatic carbocycles. The molecule has 14 heavy (non-hydrogen) atoms. The number of carbonyl (C=O) groups is 1. The fraction of sp³-hybridized carbons (Fsp3) is 0.900. The number of aliphatic hydroxyl groups is 1. The average Bonchev–Trinajstić information content (AvgIpc) is 2.22. The summed E-state index contributed by atoms with van der Waals surface area (Å²) in [7, 11) is 0. The van der Waals surface area contributed by atoms with Crippen LogP contribution >= 0.6 is 0 Å². The third-order valence-corrected chi connectivity index (χ3v) is 2.50. The van der Waals surface area contributed by atoms with Crippen LogP contribution in [0.15, 0.2) is 0 Å². The molecule has 0 fully saturated rings. The molecule has 0 heterocycles. The zero-order chi connectivity index (χ0) is 11.1. The molecule has 0 rings (SSSR count). The molecule has 0 aliphatic heterocycles. The summed E-state index contributed by atoms with van der Waals surface area (Å²) in [5.41, 5.74) is 5.72. The van der Waals surface area contributed by atoms with Gasteiger partial charge in [0.2, 0.25) is 5.91 Å². The molecule has 4 heteroatoms. The fourth-order valence-electron chi connectivity index (χ4n) is 0.970. The van der Waals surface area contributed by atoms with Crippen molar-refractivity contribution in [3.8, 4) is 0 Å². The molecule has 0 saturated heterocycles. The highest BCUT2D eigenvalue weighted by Crippen LogP contribution is 2.05. The maximum Gasteiger partial charge on any atom is 0.237 e. The van der Waals surface area contributed by atoms with Crippen molar-refractivity contribution in [1.29, 1.82) is 0 Å². The third-order valence-electron chi connectivity index (χ3n) is 2.50. The Morgan fingerprint density at radius 3 is 2.50 bits per heavy atom. The van der Waals surface area contributed by atoms with Crippen LogP contribution in [0.4, 0.5) is 0 Å². The van der Waals surface area contributed by atoms with Gasteiger partial charge in [0.1, 0.15) is 0 Å². The molecule has 0 aliphatic rings. The van der Waals surface area contributed by atoms with Gasteiger partial charge in [0.05, 0.1) is 6.04 Å². The second-order valence-electron chi connectivity index (χ2n) is 3.94. The minimum Gasteiger partial charge on any atom is -0.396 e. The van der Waals surface area contributed by atoms with Crippen molar-refractivity contribution in [2.75, 3.05) is 13.2 Å². The highest BCUT2D eigenvalue weighted by Gasteiger charge is 2.19. The van der Waals surface area contributed by atoms with Crippen LogP contribution in [0.3, 0.4) is 0 Å². The topological polar surface area (TPSA) is 75.4 Å². The van der Waals surface area contributed by atoms with Crippen molar-refractivity contribution in [1.82, 2.24) is 5.32 Å². The Hall–Kier alpha value is -0.610. The molecular weight excluding hydrogens is 180 g/mol. The van der Waals surface area contributed by atoms with Gasteiger partial charge in [-0.05, 0) is 11.8 Å². The maximum atomic E-state index is 11.4. The number of aliphatic hydroxyl groups excluding tert-OH is 1. The highest BCUT2D eigenvalue weighted by atomic mass is 16.3. The van der Waals surface area contributed by atoms with Crippen LogP contribution in [-0.2, 0) is 4.79 Å². The van der Waals surface area contributed by atoms with Gasteiger partial charge in [0.15, 0.2) is 0 Å². The predicted octanol–water partition coefficient (Wildman–Crippen LogP) is 0.104. The SMILES string of the molecule is CC[C@H](C)[C@H](N)C(=O)NCC(C)CO. The van der Waals surface area contributed by atoms with E-state index in [0.29, 0.717) is 6.54 Å². The summed E-state index contributed by atoms with van der Waals surface area (Å²) < 4.78 is 0. The lowest BCUT2D eigenvalue weighted by Gasteiger charge is -2.18. The number of rotatable bonds is 6. The minimum absolute atomic E-state index is 0.0822. The Morgan fingerprint density at radius 1 is 1.50 bits per heavy atom. The van der Waals surface area contributed by atoms with Crippen LogP contribution < -0.4 is 11.1 Å². The zero-order valence-electron chi connectivity index (χ0n) is 9.29. The summed E-state index contributed by atoms with van der Waals surface area (Å²) in [6.45, 7) is 6.40. The third kappa shape index (κ3) is 4.58. The molecule has 1 unspecified atom stereocenters. The number of hydrogen-bond acceptors (Lipinski definition) is 3. The van der Waals surface area contributed by atoms with Crippen molar-refractivity contribution >= 4 is 5.91 Å². The Labute approximate surface area is 85.9 Å². The molecule has 0 saturated carbocycles. The molecule has 0 aromatic heterocycles. The van der Waals surface area contributed by atoms with Gasteiger partial charge in [0, 0.05) is 13.2 Å². The molecule has 3 atom stereocenters. The first-order chi connectivity index (χ1) is 6.52. The van der Waals surface area contributed by atoms with E-state index in [1.54, 1.807) is 0 Å². The number of hydrogen-bond donors (Lipinski definition) is 3. The first-order valence-corrected chi connectivity index (χ1v) is 5.17. The fourth-order valence-corrected chi connectivity index (χ4v) is 0.970. The summed E-state index contributed by atoms with van der Waals surface area (Å²) >= 11 is 0. The van der Waals surface area contributed by atoms with Crippen molar-refractivity contribution < 1.29 is 9.90 Å². The van der Waals surface area contributed by atoms with Crippen molar-refractivity contribution in [3.05, 3.63) is 0 Å². The van der Waals surface area contributed by atoms with Gasteiger partial charge in [-0.1, -0.05) is 27.2 Å². The monoisotopic (exact) mass is 202 g/mol. The van der Waals surface area contributed by atoms with Crippen molar-refractivity contribution in [2.45, 2.75) is 33.2 Å². The number of nitrogens with one attached hydrogen (secondary N) is 1. The van der Waals surface area contributed by atoms with Crippen LogP contribution in [0.5, 0.6) is 0 Å². The molecule has 4 N–H and O–H groups in total. The number of nitrogens with two attached hydrogens (primary N) is 1. The molecule has 1 amide bonds. The van der Waals surface area contributed by atoms with E-state index in [1.807, 2.05) is 20.8 Å². The zero-order valence-corrected chi connectivity index (χ0v) is 9.29. The van der Waals surface area contributed by atoms with E-state index in [9.17, 15) is 4.79 Å². The predicted molar refractivity (Wildman–Crippen MR) is 56.7 cm³/mol. The summed E-state index contributed by atoms with van der Waals surface area (Å²) in [5.74, 6) is 0.155. The quantitative estimate of drug-likeness (QED) is 0.572. The Bertz CT molecular complexity index is 174. The van der Waals surface area contributed by atoms with Crippen LogP contribution in [0, 0.1) is 11.8 Å². The van der Waals surface area contributed by atoms with Gasteiger partial charge in [-0.15, -0.1) is 0 Å². The van der Waals surface area contributed by atoms with Crippen molar-refractivity contribution in [3.63, 3.8) is 0 Å². The van der Waals surface area contributed by atoms with E-state index in [2.05, 4.69) is 5.32 Å². The molecule has 0 spiro atoms. The van der Waals surface area contributed by atoms with Crippen LogP contribution in [-0.4, -0.2) is 30.2 Å². The second kappa shape index (κ2) is 6.79. The molecule has 84 valence electrons. The van der Waals surface area contributed by atoms with Gasteiger partial charge in [-0.25, -0.2) is 0 Å². The largest absolute Gasteiger partial charge is 0.396 e. The van der Waals surface area contributed by atoms with Gasteiger partial charge in [-0.2, -0.15) is 0 Å². The van der Waals surface area contributed by atoms with Gasteiger partial charge in [-0.3, -0.25) is 4.79 Å². The minimum atomic E-state index is -0.439. The molecular formula is C10H22N2O2. The summed E-state index contributed by atoms with van der Waals surface area (Å²) in [6, 6.07) is -0.439. The molecule has 4 nitrogen and oxygen atoms in total. The standard InChI is InChI=1S/C10H22N2O2/c1-4-8(3)9(11)10(14)12-5-7(2)6-13/h7-9,13H,4-6,11H2,1-3H3,(H,12,14)/t7?,8-,9-/m0/s1. The molecule has 0 radical (unpaired) electrons. The van der Waals surface area contributed by atoms with Crippen LogP contribution in [0.1, 0.15) is 27.2 Å². The lowest BCUT2D eigenvalue weighted by Crippen LogP contribution is -2.45. The van der Waals surface area contributed by atoms with Crippen molar-refractivity contribution in [2.24, 2.45) is 17.6 Å². The Morgan fingerprint density at radius 2 is 2.07 bits per heavy atom. The van der Waals surface area contributed by atoms with Crippen LogP contribution in [0.2, 0.25) is 0 Å². The summed E-state index contributed by atoms with van der Waals surface area (Å²) in [6.07, 6.45) is 0.893. The van der Waals surface area contributed by atoms with Gasteiger partial charge in [0.25, 0.3) is 0 Å². The molecule has 0 aromatic rings. The maximum absolute atomic E-state index is 11.4. The highest BCUT2D eigenvalue weighted by molar-refractivity contribution is 5.81. The number of amides is 1. The van der Waals surface area contributed by atoms with E-state index < -0.39 is 6.04 Å². The van der Waals surface area contributed by atoms with E-state index in [0.717, 1.165) is 6.42 Å². The van der Waals surface area contributed by atoms with E-state index in [-0.39, 0.29) is 24.3 Å². The van der Waals surface area contributed by atoms with Gasteiger partial charge >= 0.3 is 0 Å². The lowest BCUT2D eigenvalue weighted by atomic mass is 9.99. The first-order valence-electron chi connectivity index (χ1n) is 5.17. The molecule has 0 bridgehead atoms. The van der Waals surface area contributed by atoms with E-state index in [1.165, 1.54) is 0 Å². The number of carbonyl (C=O) groups excluding carboxylic acids is 1. The Balaban J connectivity index is 3.84. The molecule has 0 aliphatic carbocycles. The lowest BCUT2D eigenvalue weighted by molar-refractivity contribution is -0.123. The second-order valence-corrected chi connectivity index (χ2v) is 3.94. The van der Waals surface area contributed by atoms with Crippen LogP contribution in [0.25, 0.3) is 0 Å². The smallest absolute Gasteiger partial charge is 0.237 e. The summed E-state index contributed by atoms with van der Waals surface area (Å²) in [5, 5.41) is 11.5.